The predicted molar refractivity (Wildman–Crippen MR) is 103 cm³/mol. The van der Waals surface area contributed by atoms with Gasteiger partial charge in [-0.25, -0.2) is 9.97 Å². The standard InChI is InChI=1S/C21H22N2O2S/c1-20(2)13-21(3,4)26-17-8-7-14(9-16(17)20)5-6-15-11-22-18(23-12-15)10-19(24)25/h7-9,11-12H,10,13H2,1-4H3,(H,24,25). The highest BCUT2D eigenvalue weighted by atomic mass is 32.2. The van der Waals surface area contributed by atoms with E-state index >= 15 is 0 Å². The highest BCUT2D eigenvalue weighted by Crippen LogP contribution is 2.50. The zero-order valence-corrected chi connectivity index (χ0v) is 16.3. The maximum atomic E-state index is 10.7. The van der Waals surface area contributed by atoms with Crippen molar-refractivity contribution in [3.8, 4) is 11.8 Å². The fraction of sp³-hybridized carbons (Fsp3) is 0.381. The van der Waals surface area contributed by atoms with Gasteiger partial charge in [-0.05, 0) is 35.6 Å². The van der Waals surface area contributed by atoms with Crippen molar-refractivity contribution in [2.45, 2.75) is 55.6 Å². The molecular formula is C21H22N2O2S. The summed E-state index contributed by atoms with van der Waals surface area (Å²) in [6.07, 6.45) is 4.08. The summed E-state index contributed by atoms with van der Waals surface area (Å²) in [4.78, 5) is 20.1. The van der Waals surface area contributed by atoms with Crippen molar-refractivity contribution in [3.63, 3.8) is 0 Å². The average molecular weight is 366 g/mol. The van der Waals surface area contributed by atoms with Crippen LogP contribution in [0, 0.1) is 11.8 Å². The largest absolute Gasteiger partial charge is 0.481 e. The van der Waals surface area contributed by atoms with Crippen LogP contribution in [-0.2, 0) is 16.6 Å². The lowest BCUT2D eigenvalue weighted by molar-refractivity contribution is -0.136. The number of carboxylic acids is 1. The summed E-state index contributed by atoms with van der Waals surface area (Å²) < 4.78 is 0.235. The van der Waals surface area contributed by atoms with E-state index in [1.54, 1.807) is 12.4 Å². The van der Waals surface area contributed by atoms with E-state index in [0.717, 1.165) is 12.0 Å². The molecule has 26 heavy (non-hydrogen) atoms. The second kappa shape index (κ2) is 6.77. The molecule has 0 unspecified atom stereocenters. The molecule has 0 amide bonds. The second-order valence-corrected chi connectivity index (χ2v) is 9.59. The highest BCUT2D eigenvalue weighted by molar-refractivity contribution is 8.00. The van der Waals surface area contributed by atoms with Gasteiger partial charge in [-0.3, -0.25) is 4.79 Å². The molecule has 0 saturated heterocycles. The molecule has 0 bridgehead atoms. The van der Waals surface area contributed by atoms with Gasteiger partial charge in [0.15, 0.2) is 0 Å². The molecule has 1 aliphatic rings. The number of carboxylic acid groups (broad SMARTS) is 1. The van der Waals surface area contributed by atoms with Crippen LogP contribution in [-0.4, -0.2) is 25.8 Å². The van der Waals surface area contributed by atoms with E-state index in [1.807, 2.05) is 11.8 Å². The van der Waals surface area contributed by atoms with Crippen LogP contribution in [0.25, 0.3) is 0 Å². The van der Waals surface area contributed by atoms with Gasteiger partial charge >= 0.3 is 5.97 Å². The zero-order chi connectivity index (χ0) is 18.9. The lowest BCUT2D eigenvalue weighted by atomic mass is 9.76. The molecule has 0 fully saturated rings. The van der Waals surface area contributed by atoms with Crippen LogP contribution in [0.1, 0.15) is 56.6 Å². The third-order valence-electron chi connectivity index (χ3n) is 4.33. The van der Waals surface area contributed by atoms with Crippen molar-refractivity contribution in [1.82, 2.24) is 9.97 Å². The first-order valence-corrected chi connectivity index (χ1v) is 9.35. The predicted octanol–water partition coefficient (Wildman–Crippen LogP) is 4.06. The van der Waals surface area contributed by atoms with Crippen LogP contribution in [0.3, 0.4) is 0 Å². The van der Waals surface area contributed by atoms with Crippen molar-refractivity contribution >= 4 is 17.7 Å². The normalized spacial score (nSPS) is 16.9. The van der Waals surface area contributed by atoms with Crippen molar-refractivity contribution in [1.29, 1.82) is 0 Å². The fourth-order valence-corrected chi connectivity index (χ4v) is 5.12. The first-order chi connectivity index (χ1) is 12.1. The molecule has 0 saturated carbocycles. The molecule has 3 rings (SSSR count). The SMILES string of the molecule is CC1(C)CC(C)(C)c2cc(C#Cc3cnc(CC(=O)O)nc3)ccc2S1. The third kappa shape index (κ3) is 4.25. The Kier molecular flexibility index (Phi) is 4.81. The Balaban J connectivity index is 1.85. The van der Waals surface area contributed by atoms with Gasteiger partial charge in [-0.2, -0.15) is 0 Å². The minimum absolute atomic E-state index is 0.114. The number of hydrogen-bond acceptors (Lipinski definition) is 4. The van der Waals surface area contributed by atoms with Gasteiger partial charge in [0, 0.05) is 27.6 Å². The summed E-state index contributed by atoms with van der Waals surface area (Å²) in [6.45, 7) is 9.17. The number of benzene rings is 1. The van der Waals surface area contributed by atoms with Gasteiger partial charge < -0.3 is 5.11 Å². The van der Waals surface area contributed by atoms with Gasteiger partial charge in [0.25, 0.3) is 0 Å². The molecule has 1 N–H and O–H groups in total. The molecule has 5 heteroatoms. The summed E-state index contributed by atoms with van der Waals surface area (Å²) >= 11 is 1.93. The van der Waals surface area contributed by atoms with Crippen molar-refractivity contribution in [3.05, 3.63) is 53.1 Å². The van der Waals surface area contributed by atoms with E-state index in [1.165, 1.54) is 10.5 Å². The molecule has 2 aromatic rings. The Morgan fingerprint density at radius 3 is 2.46 bits per heavy atom. The van der Waals surface area contributed by atoms with E-state index in [4.69, 9.17) is 5.11 Å². The molecule has 1 aromatic carbocycles. The lowest BCUT2D eigenvalue weighted by Gasteiger charge is -2.41. The molecule has 0 radical (unpaired) electrons. The number of aliphatic carboxylic acids is 1. The molecule has 2 heterocycles. The minimum atomic E-state index is -0.943. The molecule has 1 aliphatic heterocycles. The molecule has 0 atom stereocenters. The summed E-state index contributed by atoms with van der Waals surface area (Å²) in [5.74, 6) is 5.58. The first-order valence-electron chi connectivity index (χ1n) is 8.53. The van der Waals surface area contributed by atoms with Crippen LogP contribution in [0.15, 0.2) is 35.5 Å². The van der Waals surface area contributed by atoms with E-state index < -0.39 is 5.97 Å². The second-order valence-electron chi connectivity index (χ2n) is 7.84. The smallest absolute Gasteiger partial charge is 0.311 e. The summed E-state index contributed by atoms with van der Waals surface area (Å²) in [7, 11) is 0. The third-order valence-corrected chi connectivity index (χ3v) is 5.60. The van der Waals surface area contributed by atoms with Crippen LogP contribution < -0.4 is 0 Å². The Bertz CT molecular complexity index is 906. The number of rotatable bonds is 2. The molecule has 134 valence electrons. The maximum Gasteiger partial charge on any atom is 0.311 e. The Morgan fingerprint density at radius 2 is 1.81 bits per heavy atom. The van der Waals surface area contributed by atoms with Crippen LogP contribution in [0.5, 0.6) is 0 Å². The van der Waals surface area contributed by atoms with Crippen LogP contribution in [0.4, 0.5) is 0 Å². The molecular weight excluding hydrogens is 344 g/mol. The van der Waals surface area contributed by atoms with E-state index in [9.17, 15) is 4.79 Å². The Morgan fingerprint density at radius 1 is 1.15 bits per heavy atom. The molecule has 0 aliphatic carbocycles. The van der Waals surface area contributed by atoms with Crippen LogP contribution >= 0.6 is 11.8 Å². The minimum Gasteiger partial charge on any atom is -0.481 e. The van der Waals surface area contributed by atoms with Gasteiger partial charge in [-0.1, -0.05) is 39.5 Å². The highest BCUT2D eigenvalue weighted by Gasteiger charge is 2.37. The number of hydrogen-bond donors (Lipinski definition) is 1. The number of thioether (sulfide) groups is 1. The quantitative estimate of drug-likeness (QED) is 0.812. The lowest BCUT2D eigenvalue weighted by Crippen LogP contribution is -2.33. The van der Waals surface area contributed by atoms with Gasteiger partial charge in [0.05, 0.1) is 5.56 Å². The summed E-state index contributed by atoms with van der Waals surface area (Å²) in [6, 6.07) is 6.40. The number of aromatic nitrogens is 2. The maximum absolute atomic E-state index is 10.7. The van der Waals surface area contributed by atoms with Crippen LogP contribution in [0.2, 0.25) is 0 Å². The average Bonchev–Trinajstić information content (AvgIpc) is 2.52. The number of nitrogens with zero attached hydrogens (tertiary/aromatic N) is 2. The first kappa shape index (κ1) is 18.5. The molecule has 4 nitrogen and oxygen atoms in total. The van der Waals surface area contributed by atoms with Crippen molar-refractivity contribution in [2.75, 3.05) is 0 Å². The van der Waals surface area contributed by atoms with Crippen molar-refractivity contribution in [2.24, 2.45) is 0 Å². The Hall–Kier alpha value is -2.32. The topological polar surface area (TPSA) is 63.1 Å². The number of carbonyl (C=O) groups is 1. The summed E-state index contributed by atoms with van der Waals surface area (Å²) in [5.41, 5.74) is 3.10. The van der Waals surface area contributed by atoms with Gasteiger partial charge in [0.2, 0.25) is 0 Å². The Labute approximate surface area is 158 Å². The monoisotopic (exact) mass is 366 g/mol. The van der Waals surface area contributed by atoms with E-state index in [0.29, 0.717) is 11.4 Å². The fourth-order valence-electron chi connectivity index (χ4n) is 3.51. The zero-order valence-electron chi connectivity index (χ0n) is 15.5. The summed E-state index contributed by atoms with van der Waals surface area (Å²) in [5, 5.41) is 8.75. The van der Waals surface area contributed by atoms with Gasteiger partial charge in [0.1, 0.15) is 12.2 Å². The van der Waals surface area contributed by atoms with E-state index in [2.05, 4.69) is 67.7 Å². The molecule has 1 aromatic heterocycles. The molecule has 0 spiro atoms. The van der Waals surface area contributed by atoms with Crippen molar-refractivity contribution < 1.29 is 9.90 Å². The van der Waals surface area contributed by atoms with E-state index in [-0.39, 0.29) is 16.6 Å². The number of fused-ring (bicyclic) bond motifs is 1. The van der Waals surface area contributed by atoms with Gasteiger partial charge in [-0.15, -0.1) is 11.8 Å².